The molecule has 17 heavy (non-hydrogen) atoms. The van der Waals surface area contributed by atoms with Crippen LogP contribution >= 0.6 is 0 Å². The van der Waals surface area contributed by atoms with E-state index in [1.807, 2.05) is 23.9 Å². The smallest absolute Gasteiger partial charge is 0.128 e. The van der Waals surface area contributed by atoms with Crippen molar-refractivity contribution in [2.24, 2.45) is 7.05 Å². The standard InChI is InChI=1S/C13H16FN3/c1-10-3-4-11(9-13(10)14)15-7-5-12-6-8-16-17(12)2/h3-4,6,8-9,15H,5,7H2,1-2H3. The predicted octanol–water partition coefficient (Wildman–Crippen LogP) is 2.52. The van der Waals surface area contributed by atoms with Crippen molar-refractivity contribution >= 4 is 5.69 Å². The Morgan fingerprint density at radius 1 is 1.35 bits per heavy atom. The van der Waals surface area contributed by atoms with Crippen molar-refractivity contribution in [1.29, 1.82) is 0 Å². The lowest BCUT2D eigenvalue weighted by Crippen LogP contribution is -2.08. The van der Waals surface area contributed by atoms with Gasteiger partial charge in [-0.3, -0.25) is 4.68 Å². The quantitative estimate of drug-likeness (QED) is 0.879. The molecular weight excluding hydrogens is 217 g/mol. The number of rotatable bonds is 4. The Kier molecular flexibility index (Phi) is 3.42. The van der Waals surface area contributed by atoms with Gasteiger partial charge in [-0.1, -0.05) is 6.07 Å². The molecular formula is C13H16FN3. The van der Waals surface area contributed by atoms with Gasteiger partial charge in [0.2, 0.25) is 0 Å². The van der Waals surface area contributed by atoms with Crippen molar-refractivity contribution in [2.45, 2.75) is 13.3 Å². The van der Waals surface area contributed by atoms with Gasteiger partial charge in [0.05, 0.1) is 0 Å². The maximum atomic E-state index is 13.3. The van der Waals surface area contributed by atoms with E-state index in [9.17, 15) is 4.39 Å². The zero-order chi connectivity index (χ0) is 12.3. The molecule has 0 unspecified atom stereocenters. The number of hydrogen-bond donors (Lipinski definition) is 1. The fraction of sp³-hybridized carbons (Fsp3) is 0.308. The van der Waals surface area contributed by atoms with Crippen LogP contribution in [0.2, 0.25) is 0 Å². The lowest BCUT2D eigenvalue weighted by molar-refractivity contribution is 0.619. The lowest BCUT2D eigenvalue weighted by atomic mass is 10.2. The minimum Gasteiger partial charge on any atom is -0.385 e. The highest BCUT2D eigenvalue weighted by atomic mass is 19.1. The predicted molar refractivity (Wildman–Crippen MR) is 66.5 cm³/mol. The molecule has 4 heteroatoms. The summed E-state index contributed by atoms with van der Waals surface area (Å²) in [6.07, 6.45) is 2.65. The second-order valence-corrected chi connectivity index (χ2v) is 4.09. The van der Waals surface area contributed by atoms with Gasteiger partial charge in [0.25, 0.3) is 0 Å². The highest BCUT2D eigenvalue weighted by Gasteiger charge is 2.00. The summed E-state index contributed by atoms with van der Waals surface area (Å²) in [5, 5.41) is 7.29. The van der Waals surface area contributed by atoms with Crippen LogP contribution in [0.25, 0.3) is 0 Å². The molecule has 3 nitrogen and oxygen atoms in total. The molecule has 1 N–H and O–H groups in total. The molecule has 0 aliphatic rings. The van der Waals surface area contributed by atoms with E-state index in [4.69, 9.17) is 0 Å². The zero-order valence-electron chi connectivity index (χ0n) is 10.1. The summed E-state index contributed by atoms with van der Waals surface area (Å²) in [5.74, 6) is -0.171. The van der Waals surface area contributed by atoms with Crippen LogP contribution in [0.15, 0.2) is 30.5 Å². The van der Waals surface area contributed by atoms with E-state index in [0.717, 1.165) is 24.3 Å². The summed E-state index contributed by atoms with van der Waals surface area (Å²) in [6, 6.07) is 7.18. The summed E-state index contributed by atoms with van der Waals surface area (Å²) in [4.78, 5) is 0. The average molecular weight is 233 g/mol. The Hall–Kier alpha value is -1.84. The van der Waals surface area contributed by atoms with E-state index < -0.39 is 0 Å². The molecule has 0 bridgehead atoms. The number of nitrogens with zero attached hydrogens (tertiary/aromatic N) is 2. The van der Waals surface area contributed by atoms with Crippen LogP contribution in [0.1, 0.15) is 11.3 Å². The van der Waals surface area contributed by atoms with E-state index in [2.05, 4.69) is 10.4 Å². The molecule has 0 atom stereocenters. The summed E-state index contributed by atoms with van der Waals surface area (Å²) in [7, 11) is 1.92. The monoisotopic (exact) mass is 233 g/mol. The Balaban J connectivity index is 1.90. The highest BCUT2D eigenvalue weighted by molar-refractivity contribution is 5.45. The van der Waals surface area contributed by atoms with E-state index in [-0.39, 0.29) is 5.82 Å². The molecule has 0 aliphatic carbocycles. The third kappa shape index (κ3) is 2.84. The molecule has 0 saturated carbocycles. The number of nitrogens with one attached hydrogen (secondary N) is 1. The minimum atomic E-state index is -0.171. The van der Waals surface area contributed by atoms with Crippen molar-refractivity contribution in [1.82, 2.24) is 9.78 Å². The topological polar surface area (TPSA) is 29.9 Å². The number of hydrogen-bond acceptors (Lipinski definition) is 2. The van der Waals surface area contributed by atoms with Crippen molar-refractivity contribution in [3.63, 3.8) is 0 Å². The van der Waals surface area contributed by atoms with Gasteiger partial charge in [-0.2, -0.15) is 5.10 Å². The lowest BCUT2D eigenvalue weighted by Gasteiger charge is -2.07. The van der Waals surface area contributed by atoms with Crippen LogP contribution < -0.4 is 5.32 Å². The first kappa shape index (κ1) is 11.6. The molecule has 0 fully saturated rings. The largest absolute Gasteiger partial charge is 0.385 e. The molecule has 0 radical (unpaired) electrons. The van der Waals surface area contributed by atoms with Crippen molar-refractivity contribution < 1.29 is 4.39 Å². The molecule has 0 spiro atoms. The summed E-state index contributed by atoms with van der Waals surface area (Å²) in [5.41, 5.74) is 2.64. The molecule has 2 rings (SSSR count). The van der Waals surface area contributed by atoms with E-state index in [0.29, 0.717) is 5.56 Å². The molecule has 2 aromatic rings. The Morgan fingerprint density at radius 3 is 2.82 bits per heavy atom. The summed E-state index contributed by atoms with van der Waals surface area (Å²) in [6.45, 7) is 2.52. The Morgan fingerprint density at radius 2 is 2.18 bits per heavy atom. The van der Waals surface area contributed by atoms with Crippen LogP contribution in [-0.4, -0.2) is 16.3 Å². The number of benzene rings is 1. The van der Waals surface area contributed by atoms with Gasteiger partial charge in [0.15, 0.2) is 0 Å². The van der Waals surface area contributed by atoms with Crippen LogP contribution in [-0.2, 0) is 13.5 Å². The van der Waals surface area contributed by atoms with E-state index in [1.165, 1.54) is 6.07 Å². The molecule has 1 heterocycles. The number of halogens is 1. The normalized spacial score (nSPS) is 10.5. The first-order chi connectivity index (χ1) is 8.16. The van der Waals surface area contributed by atoms with Crippen LogP contribution in [0, 0.1) is 12.7 Å². The van der Waals surface area contributed by atoms with Crippen LogP contribution in [0.4, 0.5) is 10.1 Å². The average Bonchev–Trinajstić information content (AvgIpc) is 2.70. The first-order valence-corrected chi connectivity index (χ1v) is 5.64. The summed E-state index contributed by atoms with van der Waals surface area (Å²) >= 11 is 0. The van der Waals surface area contributed by atoms with Gasteiger partial charge in [-0.05, 0) is 30.7 Å². The zero-order valence-corrected chi connectivity index (χ0v) is 10.1. The van der Waals surface area contributed by atoms with Crippen molar-refractivity contribution in [2.75, 3.05) is 11.9 Å². The van der Waals surface area contributed by atoms with Gasteiger partial charge >= 0.3 is 0 Å². The summed E-state index contributed by atoms with van der Waals surface area (Å²) < 4.78 is 15.1. The maximum Gasteiger partial charge on any atom is 0.128 e. The Bertz CT molecular complexity index is 505. The second kappa shape index (κ2) is 4.99. The SMILES string of the molecule is Cc1ccc(NCCc2ccnn2C)cc1F. The Labute approximate surface area is 100 Å². The van der Waals surface area contributed by atoms with Gasteiger partial charge in [0.1, 0.15) is 5.82 Å². The van der Waals surface area contributed by atoms with E-state index >= 15 is 0 Å². The number of aryl methyl sites for hydroxylation is 2. The second-order valence-electron chi connectivity index (χ2n) is 4.09. The molecule has 1 aromatic heterocycles. The van der Waals surface area contributed by atoms with Crippen molar-refractivity contribution in [3.05, 3.63) is 47.5 Å². The fourth-order valence-electron chi connectivity index (χ4n) is 1.68. The van der Waals surface area contributed by atoms with Crippen molar-refractivity contribution in [3.8, 4) is 0 Å². The maximum absolute atomic E-state index is 13.3. The first-order valence-electron chi connectivity index (χ1n) is 5.64. The van der Waals surface area contributed by atoms with Gasteiger partial charge in [-0.15, -0.1) is 0 Å². The fourth-order valence-corrected chi connectivity index (χ4v) is 1.68. The molecule has 0 aliphatic heterocycles. The molecule has 0 amide bonds. The highest BCUT2D eigenvalue weighted by Crippen LogP contribution is 2.13. The third-order valence-electron chi connectivity index (χ3n) is 2.80. The van der Waals surface area contributed by atoms with Gasteiger partial charge < -0.3 is 5.32 Å². The van der Waals surface area contributed by atoms with Gasteiger partial charge in [0, 0.05) is 37.6 Å². The minimum absolute atomic E-state index is 0.171. The third-order valence-corrected chi connectivity index (χ3v) is 2.80. The van der Waals surface area contributed by atoms with Gasteiger partial charge in [-0.25, -0.2) is 4.39 Å². The number of aromatic nitrogens is 2. The van der Waals surface area contributed by atoms with Crippen LogP contribution in [0.3, 0.4) is 0 Å². The van der Waals surface area contributed by atoms with E-state index in [1.54, 1.807) is 19.2 Å². The molecule has 1 aromatic carbocycles. The molecule has 90 valence electrons. The number of anilines is 1. The molecule has 0 saturated heterocycles. The van der Waals surface area contributed by atoms with Crippen LogP contribution in [0.5, 0.6) is 0 Å².